The molecule has 2 aliphatic heterocycles. The fraction of sp³-hybridized carbons (Fsp3) is 0.355. The number of likely N-dealkylation sites (N-methyl/N-ethyl adjacent to an activating group) is 1. The molecule has 2 saturated heterocycles. The number of carbonyl (C=O) groups is 3. The Hall–Kier alpha value is -4.62. The first-order valence-electron chi connectivity index (χ1n) is 14.4. The van der Waals surface area contributed by atoms with Crippen molar-refractivity contribution in [3.63, 3.8) is 0 Å². The summed E-state index contributed by atoms with van der Waals surface area (Å²) in [6, 6.07) is 12.2. The van der Waals surface area contributed by atoms with E-state index in [1.54, 1.807) is 11.0 Å². The smallest absolute Gasteiger partial charge is 0.323 e. The van der Waals surface area contributed by atoms with Crippen LogP contribution in [0.5, 0.6) is 11.5 Å². The summed E-state index contributed by atoms with van der Waals surface area (Å²) in [5, 5.41) is 2.80. The topological polar surface area (TPSA) is 124 Å². The Kier molecular flexibility index (Phi) is 7.91. The number of rotatable bonds is 8. The number of primary amides is 1. The quantitative estimate of drug-likeness (QED) is 0.377. The predicted molar refractivity (Wildman–Crippen MR) is 159 cm³/mol. The Labute approximate surface area is 253 Å². The van der Waals surface area contributed by atoms with Crippen LogP contribution in [0.25, 0.3) is 0 Å². The maximum absolute atomic E-state index is 15.6. The number of pyridine rings is 1. The predicted octanol–water partition coefficient (Wildman–Crippen LogP) is 3.55. The van der Waals surface area contributed by atoms with Crippen molar-refractivity contribution in [2.45, 2.75) is 18.9 Å². The lowest BCUT2D eigenvalue weighted by Gasteiger charge is -2.46. The second-order valence-electron chi connectivity index (χ2n) is 11.5. The number of nitrogens with two attached hydrogens (primary N) is 1. The van der Waals surface area contributed by atoms with Crippen LogP contribution in [0.2, 0.25) is 0 Å². The third-order valence-electron chi connectivity index (χ3n) is 8.44. The van der Waals surface area contributed by atoms with E-state index in [1.165, 1.54) is 36.5 Å². The molecule has 0 radical (unpaired) electrons. The van der Waals surface area contributed by atoms with Gasteiger partial charge in [-0.2, -0.15) is 0 Å². The van der Waals surface area contributed by atoms with Crippen LogP contribution in [0.1, 0.15) is 12.8 Å². The summed E-state index contributed by atoms with van der Waals surface area (Å²) in [5.41, 5.74) is 4.12. The van der Waals surface area contributed by atoms with Gasteiger partial charge < -0.3 is 20.3 Å². The third-order valence-corrected chi connectivity index (χ3v) is 8.44. The Morgan fingerprint density at radius 1 is 0.977 bits per heavy atom. The summed E-state index contributed by atoms with van der Waals surface area (Å²) < 4.78 is 35.0. The molecule has 0 atom stereocenters. The summed E-state index contributed by atoms with van der Waals surface area (Å²) in [5.74, 6) is -2.12. The molecule has 3 fully saturated rings. The Morgan fingerprint density at radius 2 is 1.66 bits per heavy atom. The van der Waals surface area contributed by atoms with E-state index in [-0.39, 0.29) is 41.8 Å². The van der Waals surface area contributed by atoms with Crippen LogP contribution in [0.4, 0.5) is 30.8 Å². The molecular formula is C31H33F2N7O4. The lowest BCUT2D eigenvalue weighted by molar-refractivity contribution is -0.133. The van der Waals surface area contributed by atoms with Crippen molar-refractivity contribution in [1.82, 2.24) is 19.7 Å². The lowest BCUT2D eigenvalue weighted by atomic mass is 10.0. The highest BCUT2D eigenvalue weighted by Gasteiger charge is 2.57. The van der Waals surface area contributed by atoms with Crippen LogP contribution in [0, 0.1) is 17.0 Å². The molecule has 230 valence electrons. The Balaban J connectivity index is 1.13. The molecule has 0 unspecified atom stereocenters. The average Bonchev–Trinajstić information content (AvgIpc) is 3.81. The zero-order chi connectivity index (χ0) is 31.0. The number of nitrogens with zero attached hydrogens (tertiary/aromatic N) is 5. The molecule has 1 saturated carbocycles. The second kappa shape index (κ2) is 11.8. The summed E-state index contributed by atoms with van der Waals surface area (Å²) in [7, 11) is 2.10. The highest BCUT2D eigenvalue weighted by molar-refractivity contribution is 6.16. The van der Waals surface area contributed by atoms with Gasteiger partial charge in [-0.05, 0) is 62.4 Å². The minimum Gasteiger partial charge on any atom is -0.457 e. The highest BCUT2D eigenvalue weighted by Crippen LogP contribution is 2.49. The van der Waals surface area contributed by atoms with Gasteiger partial charge in [-0.25, -0.2) is 18.6 Å². The standard InChI is InChI=1S/C31H33F2N7O4/c1-37-18-22(19-37)38-12-14-39(15-13-38)30(43)36-27-17-24(8-11-35-27)44-23-6-7-26(25(33)16-23)40(21-4-2-20(32)3-5-21)29(42)31(9-10-31)28(34)41/h2-8,11,16-17,22H,9-10,12-15,18-19H2,1H3,(H2,34,41)(H,35,36,43). The van der Waals surface area contributed by atoms with E-state index in [2.05, 4.69) is 27.1 Å². The van der Waals surface area contributed by atoms with Gasteiger partial charge in [0.05, 0.1) is 5.69 Å². The molecule has 44 heavy (non-hydrogen) atoms. The molecule has 3 aromatic rings. The van der Waals surface area contributed by atoms with E-state index in [9.17, 15) is 18.8 Å². The zero-order valence-corrected chi connectivity index (χ0v) is 24.2. The SMILES string of the molecule is CN1CC(N2CCN(C(=O)Nc3cc(Oc4ccc(N(C(=O)C5(C(N)=O)CC5)c5ccc(F)cc5)c(F)c4)ccn3)CC2)C1. The van der Waals surface area contributed by atoms with Crippen molar-refractivity contribution in [2.24, 2.45) is 11.1 Å². The van der Waals surface area contributed by atoms with Crippen LogP contribution in [0.15, 0.2) is 60.8 Å². The number of hydrogen-bond acceptors (Lipinski definition) is 7. The first-order chi connectivity index (χ1) is 21.1. The highest BCUT2D eigenvalue weighted by atomic mass is 19.1. The van der Waals surface area contributed by atoms with Gasteiger partial charge >= 0.3 is 6.03 Å². The van der Waals surface area contributed by atoms with E-state index in [1.807, 2.05) is 0 Å². The van der Waals surface area contributed by atoms with Crippen LogP contribution in [-0.4, -0.2) is 89.9 Å². The maximum Gasteiger partial charge on any atom is 0.323 e. The van der Waals surface area contributed by atoms with Crippen LogP contribution in [-0.2, 0) is 9.59 Å². The lowest BCUT2D eigenvalue weighted by Crippen LogP contribution is -2.62. The number of aromatic nitrogens is 1. The van der Waals surface area contributed by atoms with Gasteiger partial charge in [-0.15, -0.1) is 0 Å². The van der Waals surface area contributed by atoms with Crippen LogP contribution >= 0.6 is 0 Å². The fourth-order valence-corrected chi connectivity index (χ4v) is 5.65. The average molecular weight is 606 g/mol. The third kappa shape index (κ3) is 5.92. The number of urea groups is 1. The number of carbonyl (C=O) groups excluding carboxylic acids is 3. The summed E-state index contributed by atoms with van der Waals surface area (Å²) in [6.45, 7) is 4.97. The number of hydrogen-bond donors (Lipinski definition) is 2. The van der Waals surface area contributed by atoms with Gasteiger partial charge in [-0.3, -0.25) is 24.7 Å². The molecule has 0 bridgehead atoms. The molecule has 11 nitrogen and oxygen atoms in total. The van der Waals surface area contributed by atoms with Gasteiger partial charge in [0.2, 0.25) is 11.8 Å². The molecule has 3 N–H and O–H groups in total. The van der Waals surface area contributed by atoms with Crippen molar-refractivity contribution in [2.75, 3.05) is 56.5 Å². The Bertz CT molecular complexity index is 1570. The molecule has 2 aromatic carbocycles. The van der Waals surface area contributed by atoms with E-state index < -0.39 is 28.9 Å². The van der Waals surface area contributed by atoms with Crippen molar-refractivity contribution in [1.29, 1.82) is 0 Å². The zero-order valence-electron chi connectivity index (χ0n) is 24.2. The monoisotopic (exact) mass is 605 g/mol. The van der Waals surface area contributed by atoms with Crippen molar-refractivity contribution >= 4 is 35.0 Å². The number of amides is 4. The van der Waals surface area contributed by atoms with Gasteiger partial charge in [0.25, 0.3) is 0 Å². The summed E-state index contributed by atoms with van der Waals surface area (Å²) >= 11 is 0. The van der Waals surface area contributed by atoms with E-state index in [0.29, 0.717) is 24.9 Å². The number of anilines is 3. The fourth-order valence-electron chi connectivity index (χ4n) is 5.65. The number of halogens is 2. The molecular weight excluding hydrogens is 572 g/mol. The van der Waals surface area contributed by atoms with Gasteiger partial charge in [-0.1, -0.05) is 0 Å². The molecule has 13 heteroatoms. The van der Waals surface area contributed by atoms with Gasteiger partial charge in [0.15, 0.2) is 5.82 Å². The first-order valence-corrected chi connectivity index (χ1v) is 14.4. The van der Waals surface area contributed by atoms with Crippen molar-refractivity contribution in [3.8, 4) is 11.5 Å². The first kappa shape index (κ1) is 29.5. The molecule has 1 aliphatic carbocycles. The van der Waals surface area contributed by atoms with Gasteiger partial charge in [0, 0.05) is 69.3 Å². The van der Waals surface area contributed by atoms with E-state index >= 15 is 4.39 Å². The minimum absolute atomic E-state index is 0.120. The number of likely N-dealkylation sites (tertiary alicyclic amines) is 1. The molecule has 1 aromatic heterocycles. The number of piperazine rings is 1. The van der Waals surface area contributed by atoms with Gasteiger partial charge in [0.1, 0.15) is 28.5 Å². The minimum atomic E-state index is -1.44. The normalized spacial score (nSPS) is 18.3. The largest absolute Gasteiger partial charge is 0.457 e. The van der Waals surface area contributed by atoms with E-state index in [4.69, 9.17) is 10.5 Å². The summed E-state index contributed by atoms with van der Waals surface area (Å²) in [4.78, 5) is 50.1. The van der Waals surface area contributed by atoms with Crippen LogP contribution in [0.3, 0.4) is 0 Å². The molecule has 6 rings (SSSR count). The second-order valence-corrected chi connectivity index (χ2v) is 11.5. The molecule has 3 aliphatic rings. The number of ether oxygens (including phenoxy) is 1. The molecule has 3 heterocycles. The van der Waals surface area contributed by atoms with Crippen LogP contribution < -0.4 is 20.7 Å². The summed E-state index contributed by atoms with van der Waals surface area (Å²) in [6.07, 6.45) is 1.96. The molecule has 4 amide bonds. The number of benzene rings is 2. The molecule has 0 spiro atoms. The van der Waals surface area contributed by atoms with Crippen molar-refractivity contribution < 1.29 is 27.9 Å². The number of nitrogens with one attached hydrogen (secondary N) is 1. The van der Waals surface area contributed by atoms with E-state index in [0.717, 1.165) is 49.3 Å². The van der Waals surface area contributed by atoms with Crippen molar-refractivity contribution in [3.05, 3.63) is 72.4 Å². The maximum atomic E-state index is 15.6. The Morgan fingerprint density at radius 3 is 2.27 bits per heavy atom.